The highest BCUT2D eigenvalue weighted by Crippen LogP contribution is 2.19. The van der Waals surface area contributed by atoms with Crippen LogP contribution in [0.3, 0.4) is 0 Å². The van der Waals surface area contributed by atoms with Gasteiger partial charge >= 0.3 is 12.1 Å². The van der Waals surface area contributed by atoms with Crippen molar-refractivity contribution in [1.82, 2.24) is 10.2 Å². The van der Waals surface area contributed by atoms with Gasteiger partial charge < -0.3 is 20.1 Å². The molecule has 2 atom stereocenters. The largest absolute Gasteiger partial charge is 0.480 e. The summed E-state index contributed by atoms with van der Waals surface area (Å²) in [5.41, 5.74) is -0.674. The Morgan fingerprint density at radius 2 is 2.08 bits per heavy atom. The second-order valence-electron chi connectivity index (χ2n) is 7.13. The van der Waals surface area contributed by atoms with Crippen LogP contribution in [0.5, 0.6) is 0 Å². The highest BCUT2D eigenvalue weighted by atomic mass is 32.1. The van der Waals surface area contributed by atoms with Crippen LogP contribution in [0.2, 0.25) is 0 Å². The zero-order chi connectivity index (χ0) is 18.3. The molecular formula is C16H28N2O5S. The fourth-order valence-electron chi connectivity index (χ4n) is 2.55. The van der Waals surface area contributed by atoms with Crippen molar-refractivity contribution >= 4 is 30.6 Å². The summed E-state index contributed by atoms with van der Waals surface area (Å²) in [5, 5.41) is 11.6. The van der Waals surface area contributed by atoms with E-state index in [4.69, 9.17) is 4.74 Å². The van der Waals surface area contributed by atoms with Crippen LogP contribution in [0.4, 0.5) is 4.79 Å². The van der Waals surface area contributed by atoms with E-state index in [1.54, 1.807) is 25.7 Å². The van der Waals surface area contributed by atoms with E-state index in [0.29, 0.717) is 43.9 Å². The molecule has 0 aromatic rings. The summed E-state index contributed by atoms with van der Waals surface area (Å²) < 4.78 is 5.07. The van der Waals surface area contributed by atoms with Crippen molar-refractivity contribution in [2.75, 3.05) is 18.8 Å². The first-order valence-corrected chi connectivity index (χ1v) is 8.86. The predicted octanol–water partition coefficient (Wildman–Crippen LogP) is 1.91. The van der Waals surface area contributed by atoms with E-state index in [2.05, 4.69) is 17.9 Å². The Morgan fingerprint density at radius 1 is 1.42 bits per heavy atom. The van der Waals surface area contributed by atoms with E-state index < -0.39 is 23.7 Å². The third-order valence-electron chi connectivity index (χ3n) is 3.71. The van der Waals surface area contributed by atoms with Crippen molar-refractivity contribution in [1.29, 1.82) is 0 Å². The fourth-order valence-corrected chi connectivity index (χ4v) is 2.80. The Kier molecular flexibility index (Phi) is 7.86. The standard InChI is InChI=1S/C16H28N2O5S/c1-16(2,3)23-15(22)17-12(14(20)21)6-4-5-7-18-9-11(10-24)8-13(18)19/h11-12,24H,4-10H2,1-3H3,(H,17,22)(H,20,21)/t11?,12-/m0/s1. The van der Waals surface area contributed by atoms with Crippen molar-refractivity contribution < 1.29 is 24.2 Å². The molecule has 2 N–H and O–H groups in total. The smallest absolute Gasteiger partial charge is 0.408 e. The van der Waals surface area contributed by atoms with Gasteiger partial charge in [0, 0.05) is 19.5 Å². The minimum atomic E-state index is -1.09. The van der Waals surface area contributed by atoms with E-state index >= 15 is 0 Å². The van der Waals surface area contributed by atoms with Crippen molar-refractivity contribution in [3.05, 3.63) is 0 Å². The van der Waals surface area contributed by atoms with Crippen molar-refractivity contribution in [3.8, 4) is 0 Å². The number of carbonyl (C=O) groups is 3. The lowest BCUT2D eigenvalue weighted by molar-refractivity contribution is -0.139. The molecule has 24 heavy (non-hydrogen) atoms. The summed E-state index contributed by atoms with van der Waals surface area (Å²) in [6.45, 7) is 6.48. The molecule has 0 bridgehead atoms. The maximum absolute atomic E-state index is 11.8. The van der Waals surface area contributed by atoms with Crippen LogP contribution in [0, 0.1) is 5.92 Å². The molecule has 1 rings (SSSR count). The SMILES string of the molecule is CC(C)(C)OC(=O)N[C@@H](CCCCN1CC(CS)CC1=O)C(=O)O. The minimum Gasteiger partial charge on any atom is -0.480 e. The quantitative estimate of drug-likeness (QED) is 0.454. The first-order chi connectivity index (χ1) is 11.1. The minimum absolute atomic E-state index is 0.135. The molecule has 8 heteroatoms. The molecule has 7 nitrogen and oxygen atoms in total. The topological polar surface area (TPSA) is 95.9 Å². The van der Waals surface area contributed by atoms with E-state index in [0.717, 1.165) is 6.54 Å². The number of ether oxygens (including phenoxy) is 1. The van der Waals surface area contributed by atoms with Crippen LogP contribution in [0.15, 0.2) is 0 Å². The van der Waals surface area contributed by atoms with Crippen LogP contribution in [-0.4, -0.2) is 58.5 Å². The maximum Gasteiger partial charge on any atom is 0.408 e. The van der Waals surface area contributed by atoms with Gasteiger partial charge in [-0.3, -0.25) is 4.79 Å². The van der Waals surface area contributed by atoms with Crippen LogP contribution < -0.4 is 5.32 Å². The third-order valence-corrected chi connectivity index (χ3v) is 4.23. The number of hydrogen-bond donors (Lipinski definition) is 3. The number of amides is 2. The second-order valence-corrected chi connectivity index (χ2v) is 7.49. The van der Waals surface area contributed by atoms with Gasteiger partial charge in [0.2, 0.25) is 5.91 Å². The molecule has 1 aliphatic heterocycles. The van der Waals surface area contributed by atoms with Crippen LogP contribution in [0.25, 0.3) is 0 Å². The number of carboxylic acid groups (broad SMARTS) is 1. The van der Waals surface area contributed by atoms with Crippen LogP contribution >= 0.6 is 12.6 Å². The lowest BCUT2D eigenvalue weighted by Gasteiger charge is -2.22. The number of hydrogen-bond acceptors (Lipinski definition) is 5. The number of carboxylic acids is 1. The number of carbonyl (C=O) groups excluding carboxylic acids is 2. The van der Waals surface area contributed by atoms with Crippen molar-refractivity contribution in [2.24, 2.45) is 5.92 Å². The van der Waals surface area contributed by atoms with Gasteiger partial charge in [-0.05, 0) is 51.7 Å². The molecule has 1 fully saturated rings. The number of rotatable bonds is 8. The molecule has 0 aromatic heterocycles. The number of unbranched alkanes of at least 4 members (excludes halogenated alkanes) is 1. The molecule has 0 aromatic carbocycles. The number of nitrogens with zero attached hydrogens (tertiary/aromatic N) is 1. The van der Waals surface area contributed by atoms with E-state index in [9.17, 15) is 19.5 Å². The number of alkyl carbamates (subject to hydrolysis) is 1. The lowest BCUT2D eigenvalue weighted by Crippen LogP contribution is -2.43. The number of nitrogens with one attached hydrogen (secondary N) is 1. The molecule has 1 saturated heterocycles. The van der Waals surface area contributed by atoms with Crippen molar-refractivity contribution in [2.45, 2.75) is 58.1 Å². The number of likely N-dealkylation sites (tertiary alicyclic amines) is 1. The number of aliphatic carboxylic acids is 1. The molecule has 2 amide bonds. The molecule has 0 aliphatic carbocycles. The summed E-state index contributed by atoms with van der Waals surface area (Å²) >= 11 is 4.22. The molecule has 0 radical (unpaired) electrons. The zero-order valence-corrected chi connectivity index (χ0v) is 15.5. The van der Waals surface area contributed by atoms with E-state index in [1.807, 2.05) is 0 Å². The van der Waals surface area contributed by atoms with Gasteiger partial charge in [-0.25, -0.2) is 9.59 Å². The number of thiol groups is 1. The van der Waals surface area contributed by atoms with Gasteiger partial charge in [0.05, 0.1) is 0 Å². The Hall–Kier alpha value is -1.44. The van der Waals surface area contributed by atoms with Gasteiger partial charge in [-0.2, -0.15) is 12.6 Å². The van der Waals surface area contributed by atoms with Gasteiger partial charge in [0.15, 0.2) is 0 Å². The highest BCUT2D eigenvalue weighted by molar-refractivity contribution is 7.80. The van der Waals surface area contributed by atoms with Gasteiger partial charge in [-0.15, -0.1) is 0 Å². The first-order valence-electron chi connectivity index (χ1n) is 8.23. The molecule has 0 saturated carbocycles. The second kappa shape index (κ2) is 9.15. The summed E-state index contributed by atoms with van der Waals surface area (Å²) in [6, 6.07) is -0.987. The molecule has 1 aliphatic rings. The Morgan fingerprint density at radius 3 is 2.58 bits per heavy atom. The summed E-state index contributed by atoms with van der Waals surface area (Å²) in [7, 11) is 0. The average Bonchev–Trinajstić information content (AvgIpc) is 2.80. The molecule has 0 spiro atoms. The van der Waals surface area contributed by atoms with Gasteiger partial charge in [-0.1, -0.05) is 0 Å². The monoisotopic (exact) mass is 360 g/mol. The molecule has 138 valence electrons. The summed E-state index contributed by atoms with van der Waals surface area (Å²) in [4.78, 5) is 36.5. The fraction of sp³-hybridized carbons (Fsp3) is 0.812. The van der Waals surface area contributed by atoms with E-state index in [1.165, 1.54) is 0 Å². The Bertz CT molecular complexity index is 464. The molecule has 1 unspecified atom stereocenters. The Labute approximate surface area is 148 Å². The Balaban J connectivity index is 2.33. The normalized spacial score (nSPS) is 19.2. The van der Waals surface area contributed by atoms with Gasteiger partial charge in [0.1, 0.15) is 11.6 Å². The maximum atomic E-state index is 11.8. The highest BCUT2D eigenvalue weighted by Gasteiger charge is 2.28. The summed E-state index contributed by atoms with van der Waals surface area (Å²) in [6.07, 6.45) is 1.40. The molecule has 1 heterocycles. The van der Waals surface area contributed by atoms with Gasteiger partial charge in [0.25, 0.3) is 0 Å². The van der Waals surface area contributed by atoms with Crippen LogP contribution in [0.1, 0.15) is 46.5 Å². The average molecular weight is 360 g/mol. The first kappa shape index (κ1) is 20.6. The lowest BCUT2D eigenvalue weighted by atomic mass is 10.1. The third kappa shape index (κ3) is 7.42. The predicted molar refractivity (Wildman–Crippen MR) is 93.2 cm³/mol. The summed E-state index contributed by atoms with van der Waals surface area (Å²) in [5.74, 6) is 0.0498. The van der Waals surface area contributed by atoms with Crippen molar-refractivity contribution in [3.63, 3.8) is 0 Å². The molecular weight excluding hydrogens is 332 g/mol. The zero-order valence-electron chi connectivity index (χ0n) is 14.6. The van der Waals surface area contributed by atoms with E-state index in [-0.39, 0.29) is 5.91 Å². The van der Waals surface area contributed by atoms with Crippen LogP contribution in [-0.2, 0) is 14.3 Å².